The van der Waals surface area contributed by atoms with Gasteiger partial charge in [-0.25, -0.2) is 0 Å². The normalized spacial score (nSPS) is 20.0. The van der Waals surface area contributed by atoms with E-state index in [4.69, 9.17) is 4.43 Å². The third-order valence-electron chi connectivity index (χ3n) is 5.25. The molecule has 0 saturated heterocycles. The van der Waals surface area contributed by atoms with Crippen LogP contribution in [0.4, 0.5) is 13.2 Å². The maximum atomic E-state index is 13.2. The number of hydrogen-bond donors (Lipinski definition) is 0. The summed E-state index contributed by atoms with van der Waals surface area (Å²) in [5.74, 6) is 0. The van der Waals surface area contributed by atoms with E-state index in [0.717, 1.165) is 5.56 Å². The van der Waals surface area contributed by atoms with Crippen LogP contribution in [0.2, 0.25) is 18.1 Å². The number of hydrogen-bond acceptors (Lipinski definition) is 2. The van der Waals surface area contributed by atoms with Gasteiger partial charge in [0.15, 0.2) is 8.32 Å². The summed E-state index contributed by atoms with van der Waals surface area (Å²) in [7, 11) is -2.00. The first-order chi connectivity index (χ1) is 11.4. The Morgan fingerprint density at radius 2 is 1.72 bits per heavy atom. The van der Waals surface area contributed by atoms with E-state index < -0.39 is 20.1 Å². The molecule has 0 amide bonds. The van der Waals surface area contributed by atoms with E-state index in [1.54, 1.807) is 0 Å². The number of nitrogens with zero attached hydrogens (tertiary/aromatic N) is 1. The minimum Gasteiger partial charge on any atom is -0.415 e. The maximum Gasteiger partial charge on any atom is 0.413 e. The molecule has 25 heavy (non-hydrogen) atoms. The topological polar surface area (TPSA) is 12.5 Å². The van der Waals surface area contributed by atoms with Crippen LogP contribution >= 0.6 is 0 Å². The molecule has 0 aromatic heterocycles. The van der Waals surface area contributed by atoms with E-state index in [0.29, 0.717) is 13.2 Å². The van der Waals surface area contributed by atoms with E-state index in [1.807, 2.05) is 35.2 Å². The van der Waals surface area contributed by atoms with Crippen molar-refractivity contribution in [2.24, 2.45) is 0 Å². The molecular weight excluding hydrogens is 343 g/mol. The summed E-state index contributed by atoms with van der Waals surface area (Å²) in [5.41, 5.74) is 0.545. The molecule has 1 aromatic rings. The Kier molecular flexibility index (Phi) is 5.86. The lowest BCUT2D eigenvalue weighted by atomic mass is 10.2. The van der Waals surface area contributed by atoms with Crippen molar-refractivity contribution in [3.8, 4) is 0 Å². The fourth-order valence-electron chi connectivity index (χ4n) is 2.57. The molecule has 1 atom stereocenters. The first-order valence-corrected chi connectivity index (χ1v) is 11.5. The van der Waals surface area contributed by atoms with Gasteiger partial charge < -0.3 is 4.43 Å². The molecule has 140 valence electrons. The Hall–Kier alpha value is -1.11. The molecule has 0 aliphatic carbocycles. The van der Waals surface area contributed by atoms with Crippen molar-refractivity contribution in [3.63, 3.8) is 0 Å². The molecule has 0 saturated carbocycles. The summed E-state index contributed by atoms with van der Waals surface area (Å²) in [5, 5.41) is 0.0342. The highest BCUT2D eigenvalue weighted by Crippen LogP contribution is 2.38. The number of rotatable bonds is 5. The summed E-state index contributed by atoms with van der Waals surface area (Å²) < 4.78 is 45.7. The van der Waals surface area contributed by atoms with Crippen molar-refractivity contribution in [1.29, 1.82) is 0 Å². The van der Waals surface area contributed by atoms with Crippen molar-refractivity contribution in [2.75, 3.05) is 13.2 Å². The minimum atomic E-state index is -4.28. The fraction of sp³-hybridized carbons (Fsp3) is 0.579. The van der Waals surface area contributed by atoms with Gasteiger partial charge in [0.05, 0.1) is 12.6 Å². The molecule has 0 spiro atoms. The lowest BCUT2D eigenvalue weighted by molar-refractivity contribution is -0.0937. The van der Waals surface area contributed by atoms with Gasteiger partial charge in [-0.3, -0.25) is 4.90 Å². The summed E-state index contributed by atoms with van der Waals surface area (Å²) >= 11 is 0. The van der Waals surface area contributed by atoms with Crippen molar-refractivity contribution >= 4 is 8.32 Å². The van der Waals surface area contributed by atoms with Crippen LogP contribution in [0.1, 0.15) is 26.3 Å². The second-order valence-corrected chi connectivity index (χ2v) is 13.0. The zero-order valence-corrected chi connectivity index (χ0v) is 16.7. The van der Waals surface area contributed by atoms with Gasteiger partial charge in [0.1, 0.15) is 0 Å². The van der Waals surface area contributed by atoms with Crippen molar-refractivity contribution < 1.29 is 17.6 Å². The lowest BCUT2D eigenvalue weighted by Crippen LogP contribution is -2.44. The molecule has 6 heteroatoms. The highest BCUT2D eigenvalue weighted by molar-refractivity contribution is 6.74. The molecule has 1 heterocycles. The number of halogens is 3. The van der Waals surface area contributed by atoms with Crippen LogP contribution in [0.3, 0.4) is 0 Å². The van der Waals surface area contributed by atoms with E-state index in [2.05, 4.69) is 33.9 Å². The molecule has 2 nitrogen and oxygen atoms in total. The molecule has 0 bridgehead atoms. The molecule has 0 radical (unpaired) electrons. The predicted octanol–water partition coefficient (Wildman–Crippen LogP) is 5.38. The highest BCUT2D eigenvalue weighted by atomic mass is 28.4. The Bertz CT molecular complexity index is 605. The van der Waals surface area contributed by atoms with Gasteiger partial charge in [0.25, 0.3) is 0 Å². The largest absolute Gasteiger partial charge is 0.415 e. The van der Waals surface area contributed by atoms with Gasteiger partial charge in [-0.2, -0.15) is 13.2 Å². The van der Waals surface area contributed by atoms with Gasteiger partial charge in [0, 0.05) is 18.7 Å². The van der Waals surface area contributed by atoms with Crippen LogP contribution in [0.25, 0.3) is 0 Å². The average molecular weight is 372 g/mol. The first kappa shape index (κ1) is 20.2. The predicted molar refractivity (Wildman–Crippen MR) is 97.9 cm³/mol. The Balaban J connectivity index is 2.13. The second-order valence-electron chi connectivity index (χ2n) is 8.22. The van der Waals surface area contributed by atoms with Crippen LogP contribution in [0, 0.1) is 0 Å². The van der Waals surface area contributed by atoms with Gasteiger partial charge >= 0.3 is 6.18 Å². The van der Waals surface area contributed by atoms with Crippen LogP contribution in [-0.4, -0.2) is 38.6 Å². The lowest BCUT2D eigenvalue weighted by Gasteiger charge is -2.37. The molecule has 2 rings (SSSR count). The standard InChI is InChI=1S/C19H28F3NOSi/c1-18(2,3)25(4,5)24-14-17-11-16(19(20,21)22)13-23(17)12-15-9-7-6-8-10-15/h6-11,17H,12-14H2,1-5H3/t17-/m0/s1. The maximum absolute atomic E-state index is 13.2. The monoisotopic (exact) mass is 371 g/mol. The summed E-state index contributed by atoms with van der Waals surface area (Å²) in [4.78, 5) is 1.85. The number of benzene rings is 1. The van der Waals surface area contributed by atoms with E-state index in [1.165, 1.54) is 6.08 Å². The Morgan fingerprint density at radius 1 is 1.12 bits per heavy atom. The molecule has 0 unspecified atom stereocenters. The van der Waals surface area contributed by atoms with Crippen LogP contribution < -0.4 is 0 Å². The van der Waals surface area contributed by atoms with Gasteiger partial charge in [0.2, 0.25) is 0 Å². The Labute approximate surface area is 149 Å². The van der Waals surface area contributed by atoms with Crippen LogP contribution in [-0.2, 0) is 11.0 Å². The fourth-order valence-corrected chi connectivity index (χ4v) is 3.59. The molecule has 1 aliphatic heterocycles. The SMILES string of the molecule is CC(C)(C)[Si](C)(C)OC[C@@H]1C=C(C(F)(F)F)CN1Cc1ccccc1. The second kappa shape index (κ2) is 7.25. The summed E-state index contributed by atoms with van der Waals surface area (Å²) in [6.07, 6.45) is -2.93. The number of alkyl halides is 3. The molecular formula is C19H28F3NOSi. The van der Waals surface area contributed by atoms with Crippen molar-refractivity contribution in [1.82, 2.24) is 4.90 Å². The van der Waals surface area contributed by atoms with Crippen molar-refractivity contribution in [2.45, 2.75) is 57.7 Å². The van der Waals surface area contributed by atoms with E-state index >= 15 is 0 Å². The summed E-state index contributed by atoms with van der Waals surface area (Å²) in [6.45, 7) is 11.4. The zero-order chi connectivity index (χ0) is 18.9. The minimum absolute atomic E-state index is 0.0342. The summed E-state index contributed by atoms with van der Waals surface area (Å²) in [6, 6.07) is 9.26. The van der Waals surface area contributed by atoms with Gasteiger partial charge in [-0.05, 0) is 23.7 Å². The van der Waals surface area contributed by atoms with Crippen molar-refractivity contribution in [3.05, 3.63) is 47.5 Å². The Morgan fingerprint density at radius 3 is 2.24 bits per heavy atom. The smallest absolute Gasteiger partial charge is 0.413 e. The third-order valence-corrected chi connectivity index (χ3v) is 9.75. The van der Waals surface area contributed by atoms with Crippen LogP contribution in [0.15, 0.2) is 42.0 Å². The third kappa shape index (κ3) is 5.18. The van der Waals surface area contributed by atoms with E-state index in [9.17, 15) is 13.2 Å². The molecule has 0 fully saturated rings. The highest BCUT2D eigenvalue weighted by Gasteiger charge is 2.42. The van der Waals surface area contributed by atoms with E-state index in [-0.39, 0.29) is 17.6 Å². The molecule has 1 aromatic carbocycles. The quantitative estimate of drug-likeness (QED) is 0.509. The average Bonchev–Trinajstić information content (AvgIpc) is 2.88. The molecule has 0 N–H and O–H groups in total. The van der Waals surface area contributed by atoms with Gasteiger partial charge in [-0.15, -0.1) is 0 Å². The van der Waals surface area contributed by atoms with Gasteiger partial charge in [-0.1, -0.05) is 57.2 Å². The first-order valence-electron chi connectivity index (χ1n) is 8.60. The zero-order valence-electron chi connectivity index (χ0n) is 15.7. The molecule has 1 aliphatic rings. The van der Waals surface area contributed by atoms with Crippen LogP contribution in [0.5, 0.6) is 0 Å².